The van der Waals surface area contributed by atoms with Gasteiger partial charge < -0.3 is 5.73 Å². The Labute approximate surface area is 91.5 Å². The Hall–Kier alpha value is -2.35. The van der Waals surface area contributed by atoms with Crippen molar-refractivity contribution in [3.05, 3.63) is 28.3 Å². The molecule has 0 unspecified atom stereocenters. The number of rotatable bonds is 0. The molecule has 0 spiro atoms. The van der Waals surface area contributed by atoms with Crippen LogP contribution in [0.4, 0.5) is 27.6 Å². The molecule has 0 radical (unpaired) electrons. The lowest BCUT2D eigenvalue weighted by molar-refractivity contribution is -0.140. The number of alkyl halides is 3. The van der Waals surface area contributed by atoms with Gasteiger partial charge >= 0.3 is 6.18 Å². The summed E-state index contributed by atoms with van der Waals surface area (Å²) < 4.78 is 63.4. The van der Waals surface area contributed by atoms with E-state index in [1.54, 1.807) is 0 Å². The summed E-state index contributed by atoms with van der Waals surface area (Å²) in [6.45, 7) is 0. The van der Waals surface area contributed by atoms with Crippen LogP contribution >= 0.6 is 0 Å². The summed E-state index contributed by atoms with van der Waals surface area (Å²) in [5.41, 5.74) is -0.663. The molecule has 0 amide bonds. The number of halogens is 5. The predicted molar refractivity (Wildman–Crippen MR) is 45.2 cm³/mol. The molecule has 0 aliphatic carbocycles. The van der Waals surface area contributed by atoms with E-state index in [1.165, 1.54) is 0 Å². The zero-order chi connectivity index (χ0) is 13.4. The maximum atomic E-state index is 13.1. The van der Waals surface area contributed by atoms with E-state index in [1.807, 2.05) is 0 Å². The molecule has 17 heavy (non-hydrogen) atoms. The van der Waals surface area contributed by atoms with Gasteiger partial charge in [0, 0.05) is 0 Å². The first-order chi connectivity index (χ1) is 7.75. The molecule has 0 bridgehead atoms. The van der Waals surface area contributed by atoms with Crippen LogP contribution in [0.25, 0.3) is 0 Å². The molecule has 1 aromatic rings. The molecule has 0 atom stereocenters. The van der Waals surface area contributed by atoms with Gasteiger partial charge in [-0.15, -0.1) is 0 Å². The highest BCUT2D eigenvalue weighted by Crippen LogP contribution is 2.38. The van der Waals surface area contributed by atoms with Crippen LogP contribution in [0.5, 0.6) is 0 Å². The summed E-state index contributed by atoms with van der Waals surface area (Å²) in [7, 11) is 0. The third-order valence-corrected chi connectivity index (χ3v) is 1.93. The van der Waals surface area contributed by atoms with Crippen LogP contribution in [-0.2, 0) is 6.18 Å². The van der Waals surface area contributed by atoms with Crippen molar-refractivity contribution in [1.29, 1.82) is 10.5 Å². The van der Waals surface area contributed by atoms with E-state index in [0.29, 0.717) is 0 Å². The Bertz CT molecular complexity index is 562. The largest absolute Gasteiger partial charge is 0.420 e. The zero-order valence-corrected chi connectivity index (χ0v) is 7.86. The van der Waals surface area contributed by atoms with Crippen molar-refractivity contribution in [1.82, 2.24) is 0 Å². The number of nitrogens with zero attached hydrogens (tertiary/aromatic N) is 2. The lowest BCUT2D eigenvalue weighted by Crippen LogP contribution is -2.16. The van der Waals surface area contributed by atoms with Crippen molar-refractivity contribution in [2.45, 2.75) is 6.18 Å². The second-order valence-corrected chi connectivity index (χ2v) is 2.89. The van der Waals surface area contributed by atoms with Crippen LogP contribution in [0.3, 0.4) is 0 Å². The van der Waals surface area contributed by atoms with Gasteiger partial charge in [0.1, 0.15) is 17.7 Å². The molecule has 88 valence electrons. The fourth-order valence-electron chi connectivity index (χ4n) is 1.20. The second-order valence-electron chi connectivity index (χ2n) is 2.89. The Balaban J connectivity index is 3.92. The van der Waals surface area contributed by atoms with Gasteiger partial charge in [-0.2, -0.15) is 23.7 Å². The SMILES string of the molecule is N#Cc1c(N)c(F)c(F)c(C(F)(F)F)c1C#N. The maximum Gasteiger partial charge on any atom is 0.420 e. The Morgan fingerprint density at radius 1 is 0.941 bits per heavy atom. The minimum atomic E-state index is -5.30. The number of anilines is 1. The van der Waals surface area contributed by atoms with E-state index >= 15 is 0 Å². The molecular weight excluding hydrogens is 245 g/mol. The van der Waals surface area contributed by atoms with Gasteiger partial charge in [0.05, 0.1) is 16.8 Å². The number of nitrogens with two attached hydrogens (primary N) is 1. The monoisotopic (exact) mass is 247 g/mol. The highest BCUT2D eigenvalue weighted by molar-refractivity contribution is 5.65. The molecule has 1 rings (SSSR count). The first-order valence-corrected chi connectivity index (χ1v) is 3.93. The molecule has 0 saturated heterocycles. The van der Waals surface area contributed by atoms with Crippen molar-refractivity contribution in [2.24, 2.45) is 0 Å². The molecule has 2 N–H and O–H groups in total. The Morgan fingerprint density at radius 2 is 1.41 bits per heavy atom. The minimum absolute atomic E-state index is 1.00. The van der Waals surface area contributed by atoms with Crippen molar-refractivity contribution in [2.75, 3.05) is 5.73 Å². The highest BCUT2D eigenvalue weighted by atomic mass is 19.4. The van der Waals surface area contributed by atoms with Crippen molar-refractivity contribution < 1.29 is 22.0 Å². The van der Waals surface area contributed by atoms with E-state index < -0.39 is 40.2 Å². The lowest BCUT2D eigenvalue weighted by Gasteiger charge is -2.13. The summed E-state index contributed by atoms with van der Waals surface area (Å²) in [4.78, 5) is 0. The van der Waals surface area contributed by atoms with Crippen molar-refractivity contribution in [3.8, 4) is 12.1 Å². The summed E-state index contributed by atoms with van der Waals surface area (Å²) >= 11 is 0. The van der Waals surface area contributed by atoms with Crippen LogP contribution in [0.1, 0.15) is 16.7 Å². The van der Waals surface area contributed by atoms with Gasteiger partial charge in [-0.1, -0.05) is 0 Å². The van der Waals surface area contributed by atoms with Crippen LogP contribution in [0.15, 0.2) is 0 Å². The van der Waals surface area contributed by atoms with Gasteiger partial charge in [-0.3, -0.25) is 0 Å². The molecule has 1 aromatic carbocycles. The van der Waals surface area contributed by atoms with Gasteiger partial charge in [0.25, 0.3) is 0 Å². The number of nitrogen functional groups attached to an aromatic ring is 1. The number of benzene rings is 1. The first kappa shape index (κ1) is 12.7. The predicted octanol–water partition coefficient (Wildman–Crippen LogP) is 2.31. The van der Waals surface area contributed by atoms with E-state index in [9.17, 15) is 22.0 Å². The van der Waals surface area contributed by atoms with E-state index in [4.69, 9.17) is 16.3 Å². The van der Waals surface area contributed by atoms with Crippen LogP contribution in [-0.4, -0.2) is 0 Å². The molecule has 0 fully saturated rings. The summed E-state index contributed by atoms with van der Waals surface area (Å²) in [5.74, 6) is -4.28. The Kier molecular flexibility index (Phi) is 2.92. The fraction of sp³-hybridized carbons (Fsp3) is 0.111. The standard InChI is InChI=1S/C9H2F5N3/c10-6-5(9(12,13)14)3(1-15)4(2-16)8(17)7(6)11/h17H2. The van der Waals surface area contributed by atoms with Crippen molar-refractivity contribution >= 4 is 5.69 Å². The van der Waals surface area contributed by atoms with E-state index in [-0.39, 0.29) is 0 Å². The molecule has 3 nitrogen and oxygen atoms in total. The normalized spacial score (nSPS) is 10.8. The zero-order valence-electron chi connectivity index (χ0n) is 7.86. The third kappa shape index (κ3) is 1.85. The smallest absolute Gasteiger partial charge is 0.395 e. The molecular formula is C9H2F5N3. The topological polar surface area (TPSA) is 73.6 Å². The van der Waals surface area contributed by atoms with Crippen LogP contribution < -0.4 is 5.73 Å². The summed E-state index contributed by atoms with van der Waals surface area (Å²) in [6, 6.07) is 2.14. The van der Waals surface area contributed by atoms with Crippen LogP contribution in [0, 0.1) is 34.3 Å². The van der Waals surface area contributed by atoms with Crippen molar-refractivity contribution in [3.63, 3.8) is 0 Å². The minimum Gasteiger partial charge on any atom is -0.395 e. The first-order valence-electron chi connectivity index (χ1n) is 3.93. The van der Waals surface area contributed by atoms with E-state index in [2.05, 4.69) is 0 Å². The maximum absolute atomic E-state index is 13.1. The fourth-order valence-corrected chi connectivity index (χ4v) is 1.20. The number of hydrogen-bond acceptors (Lipinski definition) is 3. The van der Waals surface area contributed by atoms with E-state index in [0.717, 1.165) is 12.1 Å². The quantitative estimate of drug-likeness (QED) is 0.564. The molecule has 0 aliphatic rings. The molecule has 0 heterocycles. The second kappa shape index (κ2) is 3.91. The van der Waals surface area contributed by atoms with Gasteiger partial charge in [-0.05, 0) is 0 Å². The van der Waals surface area contributed by atoms with Gasteiger partial charge in [0.15, 0.2) is 11.6 Å². The van der Waals surface area contributed by atoms with Crippen LogP contribution in [0.2, 0.25) is 0 Å². The molecule has 0 saturated carbocycles. The molecule has 8 heteroatoms. The lowest BCUT2D eigenvalue weighted by atomic mass is 9.99. The Morgan fingerprint density at radius 3 is 1.76 bits per heavy atom. The molecule has 0 aromatic heterocycles. The van der Waals surface area contributed by atoms with Gasteiger partial charge in [-0.25, -0.2) is 8.78 Å². The number of nitriles is 2. The highest BCUT2D eigenvalue weighted by Gasteiger charge is 2.41. The molecule has 0 aliphatic heterocycles. The average Bonchev–Trinajstić information content (AvgIpc) is 2.23. The average molecular weight is 247 g/mol. The van der Waals surface area contributed by atoms with Gasteiger partial charge in [0.2, 0.25) is 0 Å². The third-order valence-electron chi connectivity index (χ3n) is 1.93. The summed E-state index contributed by atoms with van der Waals surface area (Å²) in [6.07, 6.45) is -5.30. The number of hydrogen-bond donors (Lipinski definition) is 1. The summed E-state index contributed by atoms with van der Waals surface area (Å²) in [5, 5.41) is 17.0.